The van der Waals surface area contributed by atoms with Crippen LogP contribution >= 0.6 is 0 Å². The summed E-state index contributed by atoms with van der Waals surface area (Å²) >= 11 is 0. The number of nitrogens with zero attached hydrogens (tertiary/aromatic N) is 3. The van der Waals surface area contributed by atoms with E-state index in [0.29, 0.717) is 11.3 Å². The zero-order valence-corrected chi connectivity index (χ0v) is 16.9. The second kappa shape index (κ2) is 8.75. The normalized spacial score (nSPS) is 11.7. The predicted molar refractivity (Wildman–Crippen MR) is 112 cm³/mol. The van der Waals surface area contributed by atoms with Crippen LogP contribution in [0, 0.1) is 6.92 Å². The molecular weight excluding hydrogens is 372 g/mol. The Kier molecular flexibility index (Phi) is 6.16. The van der Waals surface area contributed by atoms with E-state index in [2.05, 4.69) is 15.3 Å². The topological polar surface area (TPSA) is 75.2 Å². The molecule has 28 heavy (non-hydrogen) atoms. The van der Waals surface area contributed by atoms with Crippen molar-refractivity contribution < 1.29 is 9.00 Å². The van der Waals surface area contributed by atoms with Crippen molar-refractivity contribution in [3.05, 3.63) is 77.7 Å². The van der Waals surface area contributed by atoms with Crippen molar-refractivity contribution in [1.82, 2.24) is 9.97 Å². The molecule has 0 fully saturated rings. The van der Waals surface area contributed by atoms with Crippen LogP contribution in [0.15, 0.2) is 66.1 Å². The van der Waals surface area contributed by atoms with Gasteiger partial charge in [0, 0.05) is 44.1 Å². The molecule has 0 saturated carbocycles. The van der Waals surface area contributed by atoms with Crippen LogP contribution in [0.1, 0.15) is 21.5 Å². The van der Waals surface area contributed by atoms with Crippen molar-refractivity contribution in [3.8, 4) is 0 Å². The molecule has 0 aliphatic rings. The quantitative estimate of drug-likeness (QED) is 0.693. The number of rotatable bonds is 6. The van der Waals surface area contributed by atoms with E-state index in [1.807, 2.05) is 44.1 Å². The van der Waals surface area contributed by atoms with Gasteiger partial charge in [-0.3, -0.25) is 14.0 Å². The third-order valence-corrected chi connectivity index (χ3v) is 5.50. The average Bonchev–Trinajstić information content (AvgIpc) is 2.68. The Hall–Kier alpha value is -3.06. The number of carbonyl (C=O) groups is 1. The van der Waals surface area contributed by atoms with Gasteiger partial charge in [-0.1, -0.05) is 17.7 Å². The van der Waals surface area contributed by atoms with Gasteiger partial charge >= 0.3 is 0 Å². The van der Waals surface area contributed by atoms with Gasteiger partial charge in [0.15, 0.2) is 0 Å². The lowest BCUT2D eigenvalue weighted by molar-refractivity contribution is 0.102. The van der Waals surface area contributed by atoms with Crippen molar-refractivity contribution >= 4 is 28.1 Å². The van der Waals surface area contributed by atoms with E-state index in [4.69, 9.17) is 0 Å². The number of benzene rings is 1. The summed E-state index contributed by atoms with van der Waals surface area (Å²) in [4.78, 5) is 22.9. The van der Waals surface area contributed by atoms with Crippen LogP contribution < -0.4 is 10.2 Å². The van der Waals surface area contributed by atoms with E-state index in [1.165, 1.54) is 0 Å². The highest BCUT2D eigenvalue weighted by Gasteiger charge is 2.19. The molecule has 2 aromatic heterocycles. The average molecular weight is 395 g/mol. The predicted octanol–water partition coefficient (Wildman–Crippen LogP) is 3.41. The number of nitrogens with one attached hydrogen (secondary N) is 1. The van der Waals surface area contributed by atoms with E-state index in [9.17, 15) is 9.00 Å². The first kappa shape index (κ1) is 19.7. The number of amides is 1. The molecule has 3 rings (SSSR count). The summed E-state index contributed by atoms with van der Waals surface area (Å²) in [6.45, 7) is 2.00. The molecule has 6 nitrogen and oxygen atoms in total. The number of hydrogen-bond donors (Lipinski definition) is 1. The molecule has 0 saturated heterocycles. The van der Waals surface area contributed by atoms with Crippen molar-refractivity contribution in [3.63, 3.8) is 0 Å². The molecule has 0 aliphatic carbocycles. The van der Waals surface area contributed by atoms with Gasteiger partial charge in [0.05, 0.1) is 22.1 Å². The van der Waals surface area contributed by atoms with Crippen LogP contribution in [-0.2, 0) is 16.6 Å². The highest BCUT2D eigenvalue weighted by atomic mass is 32.2. The van der Waals surface area contributed by atoms with E-state index < -0.39 is 10.8 Å². The molecule has 1 amide bonds. The lowest BCUT2D eigenvalue weighted by atomic mass is 10.1. The number of carbonyl (C=O) groups excluding carboxylic acids is 1. The van der Waals surface area contributed by atoms with Crippen molar-refractivity contribution in [1.29, 1.82) is 0 Å². The minimum Gasteiger partial charge on any atom is -0.377 e. The van der Waals surface area contributed by atoms with Crippen LogP contribution in [-0.4, -0.2) is 34.2 Å². The Bertz CT molecular complexity index is 1010. The maximum atomic E-state index is 13.1. The van der Waals surface area contributed by atoms with Crippen LogP contribution in [0.4, 0.5) is 11.4 Å². The van der Waals surface area contributed by atoms with Gasteiger partial charge in [0.25, 0.3) is 5.91 Å². The molecule has 0 radical (unpaired) electrons. The lowest BCUT2D eigenvalue weighted by Gasteiger charge is -2.18. The fourth-order valence-corrected chi connectivity index (χ4v) is 4.09. The largest absolute Gasteiger partial charge is 0.377 e. The van der Waals surface area contributed by atoms with Gasteiger partial charge in [0.1, 0.15) is 5.03 Å². The highest BCUT2D eigenvalue weighted by Crippen LogP contribution is 2.24. The first-order valence-electron chi connectivity index (χ1n) is 8.77. The summed E-state index contributed by atoms with van der Waals surface area (Å²) in [7, 11) is 2.43. The van der Waals surface area contributed by atoms with Crippen LogP contribution in [0.2, 0.25) is 0 Å². The molecule has 0 spiro atoms. The molecule has 144 valence electrons. The summed E-state index contributed by atoms with van der Waals surface area (Å²) in [6.07, 6.45) is 4.75. The Balaban J connectivity index is 1.88. The van der Waals surface area contributed by atoms with Gasteiger partial charge in [-0.05, 0) is 42.8 Å². The maximum absolute atomic E-state index is 13.1. The van der Waals surface area contributed by atoms with Gasteiger partial charge in [0.2, 0.25) is 0 Å². The number of anilines is 2. The lowest BCUT2D eigenvalue weighted by Crippen LogP contribution is -2.17. The molecule has 1 aromatic carbocycles. The molecule has 2 heterocycles. The molecule has 1 unspecified atom stereocenters. The Labute approximate surface area is 167 Å². The van der Waals surface area contributed by atoms with Crippen molar-refractivity contribution in [2.24, 2.45) is 0 Å². The van der Waals surface area contributed by atoms with Gasteiger partial charge in [-0.25, -0.2) is 4.98 Å². The van der Waals surface area contributed by atoms with Crippen LogP contribution in [0.5, 0.6) is 0 Å². The summed E-state index contributed by atoms with van der Waals surface area (Å²) in [6, 6.07) is 12.8. The second-order valence-electron chi connectivity index (χ2n) is 6.56. The fraction of sp³-hybridized carbons (Fsp3) is 0.190. The minimum absolute atomic E-state index is 0.278. The standard InChI is InChI=1S/C21H22N4O2S/c1-15-6-7-19(25(2)3)16(13-15)14-28(27)21-18(5-4-10-23-21)20(26)24-17-8-11-22-12-9-17/h4-13H,14H2,1-3H3,(H,22,24,26). The summed E-state index contributed by atoms with van der Waals surface area (Å²) in [5, 5.41) is 3.07. The van der Waals surface area contributed by atoms with Crippen LogP contribution in [0.25, 0.3) is 0 Å². The Morgan fingerprint density at radius 1 is 1.11 bits per heavy atom. The third-order valence-electron chi connectivity index (χ3n) is 4.17. The number of pyridine rings is 2. The molecule has 1 N–H and O–H groups in total. The summed E-state index contributed by atoms with van der Waals surface area (Å²) in [5.41, 5.74) is 3.97. The Morgan fingerprint density at radius 2 is 1.86 bits per heavy atom. The van der Waals surface area contributed by atoms with Crippen molar-refractivity contribution in [2.45, 2.75) is 17.7 Å². The SMILES string of the molecule is Cc1ccc(N(C)C)c(CS(=O)c2ncccc2C(=O)Nc2ccncc2)c1. The number of hydrogen-bond acceptors (Lipinski definition) is 5. The second-order valence-corrected chi connectivity index (χ2v) is 7.93. The molecule has 0 bridgehead atoms. The maximum Gasteiger partial charge on any atom is 0.258 e. The van der Waals surface area contributed by atoms with E-state index in [0.717, 1.165) is 16.8 Å². The molecular formula is C21H22N4O2S. The zero-order chi connectivity index (χ0) is 20.1. The number of aryl methyl sites for hydroxylation is 1. The first-order valence-corrected chi connectivity index (χ1v) is 10.1. The van der Waals surface area contributed by atoms with E-state index >= 15 is 0 Å². The smallest absolute Gasteiger partial charge is 0.258 e. The zero-order valence-electron chi connectivity index (χ0n) is 16.0. The molecule has 0 aliphatic heterocycles. The third kappa shape index (κ3) is 4.61. The number of aromatic nitrogens is 2. The van der Waals surface area contributed by atoms with Gasteiger partial charge in [-0.15, -0.1) is 0 Å². The monoisotopic (exact) mass is 394 g/mol. The van der Waals surface area contributed by atoms with E-state index in [-0.39, 0.29) is 16.7 Å². The Morgan fingerprint density at radius 3 is 2.57 bits per heavy atom. The molecule has 7 heteroatoms. The first-order chi connectivity index (χ1) is 13.5. The van der Waals surface area contributed by atoms with Crippen LogP contribution in [0.3, 0.4) is 0 Å². The van der Waals surface area contributed by atoms with Gasteiger partial charge < -0.3 is 10.2 Å². The molecule has 3 aromatic rings. The van der Waals surface area contributed by atoms with Crippen molar-refractivity contribution in [2.75, 3.05) is 24.3 Å². The van der Waals surface area contributed by atoms with E-state index in [1.54, 1.807) is 42.9 Å². The fourth-order valence-electron chi connectivity index (χ4n) is 2.85. The van der Waals surface area contributed by atoms with Gasteiger partial charge in [-0.2, -0.15) is 0 Å². The summed E-state index contributed by atoms with van der Waals surface area (Å²) < 4.78 is 13.1. The minimum atomic E-state index is -1.47. The highest BCUT2D eigenvalue weighted by molar-refractivity contribution is 7.84. The summed E-state index contributed by atoms with van der Waals surface area (Å²) in [5.74, 6) is -0.0680. The molecule has 1 atom stereocenters.